The van der Waals surface area contributed by atoms with Crippen LogP contribution in [-0.2, 0) is 4.79 Å². The number of aliphatic carboxylic acids is 1. The van der Waals surface area contributed by atoms with Crippen LogP contribution in [0.1, 0.15) is 5.56 Å². The average molecular weight is 193 g/mol. The Bertz CT molecular complexity index is 330. The molecule has 0 saturated heterocycles. The smallest absolute Gasteiger partial charge is 0.325 e. The molecule has 0 aromatic heterocycles. The van der Waals surface area contributed by atoms with Gasteiger partial charge in [0.25, 0.3) is 0 Å². The summed E-state index contributed by atoms with van der Waals surface area (Å²) >= 11 is 0. The number of hydrogen-bond acceptors (Lipinski definition) is 3. The molecule has 0 aliphatic carbocycles. The third-order valence-corrected chi connectivity index (χ3v) is 1.58. The van der Waals surface area contributed by atoms with Crippen LogP contribution in [0, 0.1) is 0 Å². The maximum atomic E-state index is 10.2. The molecule has 0 spiro atoms. The normalized spacial score (nSPS) is 10.4. The van der Waals surface area contributed by atoms with Crippen LogP contribution in [0.2, 0.25) is 0 Å². The Hall–Kier alpha value is -1.84. The van der Waals surface area contributed by atoms with Crippen LogP contribution >= 0.6 is 0 Å². The zero-order valence-corrected chi connectivity index (χ0v) is 7.80. The van der Waals surface area contributed by atoms with Gasteiger partial charge in [-0.15, -0.1) is 0 Å². The van der Waals surface area contributed by atoms with E-state index in [0.717, 1.165) is 11.3 Å². The van der Waals surface area contributed by atoms with Gasteiger partial charge in [-0.3, -0.25) is 9.79 Å². The summed E-state index contributed by atoms with van der Waals surface area (Å²) in [5.41, 5.74) is 0.854. The first-order valence-electron chi connectivity index (χ1n) is 4.08. The number of nitrogens with zero attached hydrogens (tertiary/aromatic N) is 1. The lowest BCUT2D eigenvalue weighted by Gasteiger charge is -1.98. The number of methoxy groups -OCH3 is 1. The van der Waals surface area contributed by atoms with E-state index in [1.165, 1.54) is 6.21 Å². The fraction of sp³-hybridized carbons (Fsp3) is 0.200. The molecule has 1 rings (SSSR count). The van der Waals surface area contributed by atoms with E-state index >= 15 is 0 Å². The van der Waals surface area contributed by atoms with Crippen LogP contribution in [0.5, 0.6) is 5.75 Å². The molecule has 1 aromatic carbocycles. The fourth-order valence-electron chi connectivity index (χ4n) is 0.919. The maximum Gasteiger partial charge on any atom is 0.325 e. The molecule has 4 nitrogen and oxygen atoms in total. The highest BCUT2D eigenvalue weighted by atomic mass is 16.5. The lowest BCUT2D eigenvalue weighted by molar-refractivity contribution is -0.135. The second-order valence-electron chi connectivity index (χ2n) is 2.64. The van der Waals surface area contributed by atoms with Crippen LogP contribution < -0.4 is 4.74 Å². The van der Waals surface area contributed by atoms with E-state index in [4.69, 9.17) is 9.84 Å². The zero-order chi connectivity index (χ0) is 10.4. The van der Waals surface area contributed by atoms with Gasteiger partial charge < -0.3 is 9.84 Å². The van der Waals surface area contributed by atoms with Crippen LogP contribution in [0.3, 0.4) is 0 Å². The minimum atomic E-state index is -0.935. The number of carboxylic acids is 1. The Labute approximate surface area is 81.9 Å². The third kappa shape index (κ3) is 3.26. The fourth-order valence-corrected chi connectivity index (χ4v) is 0.919. The number of carbonyl (C=O) groups is 1. The van der Waals surface area contributed by atoms with Crippen molar-refractivity contribution in [3.05, 3.63) is 29.8 Å². The summed E-state index contributed by atoms with van der Waals surface area (Å²) in [6, 6.07) is 7.21. The predicted molar refractivity (Wildman–Crippen MR) is 53.1 cm³/mol. The number of hydrogen-bond donors (Lipinski definition) is 1. The molecule has 1 aromatic rings. The van der Waals surface area contributed by atoms with Crippen LogP contribution in [0.25, 0.3) is 0 Å². The molecule has 0 atom stereocenters. The number of carboxylic acid groups (broad SMARTS) is 1. The van der Waals surface area contributed by atoms with E-state index in [2.05, 4.69) is 4.99 Å². The third-order valence-electron chi connectivity index (χ3n) is 1.58. The van der Waals surface area contributed by atoms with Gasteiger partial charge in [0.15, 0.2) is 0 Å². The second-order valence-corrected chi connectivity index (χ2v) is 2.64. The highest BCUT2D eigenvalue weighted by molar-refractivity contribution is 5.82. The van der Waals surface area contributed by atoms with Crippen molar-refractivity contribution in [3.63, 3.8) is 0 Å². The van der Waals surface area contributed by atoms with Crippen molar-refractivity contribution < 1.29 is 14.6 Å². The topological polar surface area (TPSA) is 58.9 Å². The first-order chi connectivity index (χ1) is 6.72. The molecule has 1 N–H and O–H groups in total. The lowest BCUT2D eigenvalue weighted by Crippen LogP contribution is -1.99. The Morgan fingerprint density at radius 3 is 2.64 bits per heavy atom. The van der Waals surface area contributed by atoms with Gasteiger partial charge in [0.2, 0.25) is 0 Å². The van der Waals surface area contributed by atoms with Crippen LogP contribution in [0.15, 0.2) is 29.3 Å². The molecule has 0 fully saturated rings. The van der Waals surface area contributed by atoms with Gasteiger partial charge in [0.05, 0.1) is 7.11 Å². The highest BCUT2D eigenvalue weighted by Gasteiger charge is 1.92. The Balaban J connectivity index is 2.59. The molecule has 0 saturated carbocycles. The van der Waals surface area contributed by atoms with Crippen molar-refractivity contribution in [2.75, 3.05) is 13.7 Å². The number of aliphatic imine (C=N–C) groups is 1. The Kier molecular flexibility index (Phi) is 3.67. The SMILES string of the molecule is COc1ccc(/C=N\CC(=O)O)cc1. The quantitative estimate of drug-likeness (QED) is 0.731. The predicted octanol–water partition coefficient (Wildman–Crippen LogP) is 1.20. The summed E-state index contributed by atoms with van der Waals surface area (Å²) in [5.74, 6) is -0.171. The zero-order valence-electron chi connectivity index (χ0n) is 7.80. The first kappa shape index (κ1) is 10.2. The van der Waals surface area contributed by atoms with Crippen molar-refractivity contribution in [3.8, 4) is 5.75 Å². The van der Waals surface area contributed by atoms with Gasteiger partial charge in [-0.1, -0.05) is 0 Å². The maximum absolute atomic E-state index is 10.2. The van der Waals surface area contributed by atoms with Gasteiger partial charge >= 0.3 is 5.97 Å². The Morgan fingerprint density at radius 2 is 2.14 bits per heavy atom. The number of ether oxygens (including phenoxy) is 1. The largest absolute Gasteiger partial charge is 0.497 e. The van der Waals surface area contributed by atoms with E-state index in [1.807, 2.05) is 12.1 Å². The first-order valence-corrected chi connectivity index (χ1v) is 4.08. The molecule has 0 aliphatic rings. The summed E-state index contributed by atoms with van der Waals surface area (Å²) in [6.45, 7) is -0.202. The molecule has 0 heterocycles. The van der Waals surface area contributed by atoms with Gasteiger partial charge in [0, 0.05) is 6.21 Å². The van der Waals surface area contributed by atoms with E-state index < -0.39 is 5.97 Å². The van der Waals surface area contributed by atoms with Gasteiger partial charge in [0.1, 0.15) is 12.3 Å². The average Bonchev–Trinajstić information content (AvgIpc) is 2.18. The molecular weight excluding hydrogens is 182 g/mol. The minimum absolute atomic E-state index is 0.202. The van der Waals surface area contributed by atoms with Gasteiger partial charge in [-0.2, -0.15) is 0 Å². The molecule has 0 bridgehead atoms. The van der Waals surface area contributed by atoms with Crippen LogP contribution in [-0.4, -0.2) is 30.9 Å². The molecule has 0 aliphatic heterocycles. The lowest BCUT2D eigenvalue weighted by atomic mass is 10.2. The summed E-state index contributed by atoms with van der Waals surface area (Å²) in [6.07, 6.45) is 1.52. The van der Waals surface area contributed by atoms with Crippen molar-refractivity contribution in [1.82, 2.24) is 0 Å². The Morgan fingerprint density at radius 1 is 1.50 bits per heavy atom. The van der Waals surface area contributed by atoms with E-state index in [9.17, 15) is 4.79 Å². The molecule has 4 heteroatoms. The summed E-state index contributed by atoms with van der Waals surface area (Å²) in [4.78, 5) is 13.9. The van der Waals surface area contributed by atoms with Gasteiger partial charge in [-0.25, -0.2) is 0 Å². The monoisotopic (exact) mass is 193 g/mol. The number of rotatable bonds is 4. The van der Waals surface area contributed by atoms with E-state index in [1.54, 1.807) is 19.2 Å². The summed E-state index contributed by atoms with van der Waals surface area (Å²) < 4.78 is 4.97. The molecule has 0 radical (unpaired) electrons. The van der Waals surface area contributed by atoms with Crippen molar-refractivity contribution in [2.24, 2.45) is 4.99 Å². The molecule has 14 heavy (non-hydrogen) atoms. The van der Waals surface area contributed by atoms with Crippen molar-refractivity contribution in [2.45, 2.75) is 0 Å². The van der Waals surface area contributed by atoms with E-state index in [0.29, 0.717) is 0 Å². The summed E-state index contributed by atoms with van der Waals surface area (Å²) in [7, 11) is 1.59. The molecule has 74 valence electrons. The highest BCUT2D eigenvalue weighted by Crippen LogP contribution is 2.09. The van der Waals surface area contributed by atoms with Crippen LogP contribution in [0.4, 0.5) is 0 Å². The summed E-state index contributed by atoms with van der Waals surface area (Å²) in [5, 5.41) is 8.34. The second kappa shape index (κ2) is 5.01. The molecule has 0 amide bonds. The van der Waals surface area contributed by atoms with Crippen molar-refractivity contribution in [1.29, 1.82) is 0 Å². The van der Waals surface area contributed by atoms with Gasteiger partial charge in [-0.05, 0) is 29.8 Å². The minimum Gasteiger partial charge on any atom is -0.497 e. The number of benzene rings is 1. The van der Waals surface area contributed by atoms with E-state index in [-0.39, 0.29) is 6.54 Å². The molecule has 0 unspecified atom stereocenters. The molecular formula is C10H11NO3. The van der Waals surface area contributed by atoms with Crippen molar-refractivity contribution >= 4 is 12.2 Å². The standard InChI is InChI=1S/C10H11NO3/c1-14-9-4-2-8(3-5-9)6-11-7-10(12)13/h2-6H,7H2,1H3,(H,12,13)/b11-6-.